The van der Waals surface area contributed by atoms with Crippen LogP contribution in [0.25, 0.3) is 16.9 Å². The molecule has 42 heavy (non-hydrogen) atoms. The molecule has 0 unspecified atom stereocenters. The topological polar surface area (TPSA) is 157 Å². The van der Waals surface area contributed by atoms with Crippen molar-refractivity contribution in [2.45, 2.75) is 12.6 Å². The number of azo groups is 1. The molecule has 0 fully saturated rings. The van der Waals surface area contributed by atoms with Crippen LogP contribution in [-0.2, 0) is 24.4 Å². The Hall–Kier alpha value is -5.41. The van der Waals surface area contributed by atoms with Crippen LogP contribution in [0.2, 0.25) is 0 Å². The van der Waals surface area contributed by atoms with Gasteiger partial charge in [0.05, 0.1) is 29.1 Å². The molecule has 0 bridgehead atoms. The number of carbonyl (C=O) groups excluding carboxylic acids is 2. The van der Waals surface area contributed by atoms with Gasteiger partial charge in [-0.3, -0.25) is 14.3 Å². The minimum atomic E-state index is -4.68. The number of hydrazone groups is 1. The quantitative estimate of drug-likeness (QED) is 0.0719. The van der Waals surface area contributed by atoms with Crippen molar-refractivity contribution in [1.82, 2.24) is 24.9 Å². The van der Waals surface area contributed by atoms with Crippen LogP contribution < -0.4 is 16.5 Å². The maximum Gasteiger partial charge on any atom is 0.417 e. The van der Waals surface area contributed by atoms with Crippen molar-refractivity contribution in [2.75, 3.05) is 18.9 Å². The molecule has 2 aromatic carbocycles. The normalized spacial score (nSPS) is 12.1. The Kier molecular flexibility index (Phi) is 8.73. The zero-order chi connectivity index (χ0) is 30.4. The Morgan fingerprint density at radius 1 is 1.05 bits per heavy atom. The number of aryl methyl sites for hydroxylation is 1. The Balaban J connectivity index is 1.67. The second kappa shape index (κ2) is 12.4. The van der Waals surface area contributed by atoms with Gasteiger partial charge in [0, 0.05) is 37.5 Å². The van der Waals surface area contributed by atoms with Crippen LogP contribution in [0, 0.1) is 5.82 Å². The number of aromatic nitrogens is 4. The molecule has 0 aliphatic rings. The van der Waals surface area contributed by atoms with Crippen molar-refractivity contribution >= 4 is 23.5 Å². The number of carbonyl (C=O) groups is 2. The highest BCUT2D eigenvalue weighted by atomic mass is 19.4. The van der Waals surface area contributed by atoms with Gasteiger partial charge in [-0.05, 0) is 48.5 Å². The maximum absolute atomic E-state index is 13.7. The highest BCUT2D eigenvalue weighted by Crippen LogP contribution is 2.37. The molecular formula is C26H24F4N10O2. The predicted molar refractivity (Wildman–Crippen MR) is 144 cm³/mol. The highest BCUT2D eigenvalue weighted by molar-refractivity contribution is 6.05. The first kappa shape index (κ1) is 29.6. The van der Waals surface area contributed by atoms with Crippen LogP contribution in [0.1, 0.15) is 21.6 Å². The SMILES string of the molecule is CNC(=O)CN=NC(Cc1cc(NC(=O)c2ccc(C(F)(F)F)c(-c3ccn(C)n3)c2)n(-c2ccc(F)cc2)n1)=NN. The molecule has 0 saturated heterocycles. The van der Waals surface area contributed by atoms with Crippen LogP contribution >= 0.6 is 0 Å². The van der Waals surface area contributed by atoms with Gasteiger partial charge in [0.1, 0.15) is 18.2 Å². The molecule has 218 valence electrons. The van der Waals surface area contributed by atoms with E-state index in [1.54, 1.807) is 7.05 Å². The van der Waals surface area contributed by atoms with Gasteiger partial charge >= 0.3 is 6.18 Å². The zero-order valence-corrected chi connectivity index (χ0v) is 22.2. The first-order valence-corrected chi connectivity index (χ1v) is 12.2. The van der Waals surface area contributed by atoms with E-state index in [2.05, 4.69) is 36.2 Å². The van der Waals surface area contributed by atoms with Crippen molar-refractivity contribution in [3.8, 4) is 16.9 Å². The van der Waals surface area contributed by atoms with E-state index in [4.69, 9.17) is 5.84 Å². The van der Waals surface area contributed by atoms with E-state index < -0.39 is 23.5 Å². The number of nitrogens with zero attached hydrogens (tertiary/aromatic N) is 7. The lowest BCUT2D eigenvalue weighted by Crippen LogP contribution is -2.20. The highest BCUT2D eigenvalue weighted by Gasteiger charge is 2.34. The summed E-state index contributed by atoms with van der Waals surface area (Å²) in [5.41, 5.74) is -0.585. The number of alkyl halides is 3. The molecule has 0 radical (unpaired) electrons. The lowest BCUT2D eigenvalue weighted by molar-refractivity contribution is -0.137. The number of anilines is 1. The van der Waals surface area contributed by atoms with Gasteiger partial charge in [-0.25, -0.2) is 9.07 Å². The summed E-state index contributed by atoms with van der Waals surface area (Å²) in [5, 5.41) is 24.6. The van der Waals surface area contributed by atoms with E-state index in [1.807, 2.05) is 0 Å². The van der Waals surface area contributed by atoms with Crippen LogP contribution in [0.5, 0.6) is 0 Å². The Bertz CT molecular complexity index is 1660. The van der Waals surface area contributed by atoms with Crippen LogP contribution in [-0.4, -0.2) is 50.8 Å². The summed E-state index contributed by atoms with van der Waals surface area (Å²) in [7, 11) is 3.00. The fourth-order valence-corrected chi connectivity index (χ4v) is 3.81. The molecule has 12 nitrogen and oxygen atoms in total. The molecule has 0 saturated carbocycles. The average Bonchev–Trinajstić information content (AvgIpc) is 3.57. The van der Waals surface area contributed by atoms with Crippen molar-refractivity contribution < 1.29 is 27.2 Å². The molecular weight excluding hydrogens is 560 g/mol. The van der Waals surface area contributed by atoms with Gasteiger partial charge in [-0.15, -0.1) is 5.11 Å². The third-order valence-corrected chi connectivity index (χ3v) is 5.82. The van der Waals surface area contributed by atoms with E-state index in [0.29, 0.717) is 11.4 Å². The monoisotopic (exact) mass is 584 g/mol. The number of likely N-dealkylation sites (N-methyl/N-ethyl adjacent to an activating group) is 1. The number of nitrogens with one attached hydrogen (secondary N) is 2. The van der Waals surface area contributed by atoms with Gasteiger partial charge in [-0.2, -0.15) is 33.6 Å². The second-order valence-corrected chi connectivity index (χ2v) is 8.79. The molecule has 4 rings (SSSR count). The smallest absolute Gasteiger partial charge is 0.358 e. The minimum absolute atomic E-state index is 0.0169. The van der Waals surface area contributed by atoms with Crippen LogP contribution in [0.3, 0.4) is 0 Å². The number of amidine groups is 1. The molecule has 2 aromatic heterocycles. The van der Waals surface area contributed by atoms with E-state index in [9.17, 15) is 27.2 Å². The fraction of sp³-hybridized carbons (Fsp3) is 0.192. The van der Waals surface area contributed by atoms with Gasteiger partial charge < -0.3 is 16.5 Å². The Morgan fingerprint density at radius 3 is 2.40 bits per heavy atom. The summed E-state index contributed by atoms with van der Waals surface area (Å²) in [6.45, 7) is -0.255. The number of hydrogen-bond donors (Lipinski definition) is 3. The van der Waals surface area contributed by atoms with Gasteiger partial charge in [0.25, 0.3) is 5.91 Å². The molecule has 16 heteroatoms. The number of amides is 2. The number of hydrogen-bond acceptors (Lipinski definition) is 7. The lowest BCUT2D eigenvalue weighted by atomic mass is 10.0. The average molecular weight is 585 g/mol. The predicted octanol–water partition coefficient (Wildman–Crippen LogP) is 3.70. The van der Waals surface area contributed by atoms with Gasteiger partial charge in [0.2, 0.25) is 5.91 Å². The van der Waals surface area contributed by atoms with Crippen molar-refractivity contribution in [3.05, 3.63) is 83.4 Å². The number of benzene rings is 2. The minimum Gasteiger partial charge on any atom is -0.358 e. The lowest BCUT2D eigenvalue weighted by Gasteiger charge is -2.14. The van der Waals surface area contributed by atoms with Crippen molar-refractivity contribution in [1.29, 1.82) is 0 Å². The van der Waals surface area contributed by atoms with E-state index in [1.165, 1.54) is 59.0 Å². The molecule has 2 amide bonds. The summed E-state index contributed by atoms with van der Waals surface area (Å²) >= 11 is 0. The van der Waals surface area contributed by atoms with Crippen molar-refractivity contribution in [2.24, 2.45) is 28.2 Å². The molecule has 0 spiro atoms. The first-order chi connectivity index (χ1) is 20.0. The second-order valence-electron chi connectivity index (χ2n) is 8.79. The van der Waals surface area contributed by atoms with Crippen molar-refractivity contribution in [3.63, 3.8) is 0 Å². The molecule has 2 heterocycles. The fourth-order valence-electron chi connectivity index (χ4n) is 3.81. The van der Waals surface area contributed by atoms with Crippen LogP contribution in [0.4, 0.5) is 23.4 Å². The molecule has 4 N–H and O–H groups in total. The summed E-state index contributed by atoms with van der Waals surface area (Å²) in [6.07, 6.45) is -3.26. The van der Waals surface area contributed by atoms with Gasteiger partial charge in [-0.1, -0.05) is 0 Å². The number of rotatable bonds is 8. The molecule has 0 aliphatic heterocycles. The first-order valence-electron chi connectivity index (χ1n) is 12.2. The summed E-state index contributed by atoms with van der Waals surface area (Å²) in [4.78, 5) is 24.7. The molecule has 0 atom stereocenters. The largest absolute Gasteiger partial charge is 0.417 e. The third-order valence-electron chi connectivity index (χ3n) is 5.82. The molecule has 4 aromatic rings. The van der Waals surface area contributed by atoms with Gasteiger partial charge in [0.15, 0.2) is 5.84 Å². The summed E-state index contributed by atoms with van der Waals surface area (Å²) in [5.74, 6) is 3.91. The summed E-state index contributed by atoms with van der Waals surface area (Å²) < 4.78 is 57.4. The van der Waals surface area contributed by atoms with E-state index in [0.717, 1.165) is 18.2 Å². The number of nitrogens with two attached hydrogens (primary N) is 1. The maximum atomic E-state index is 13.7. The third kappa shape index (κ3) is 7.01. The zero-order valence-electron chi connectivity index (χ0n) is 22.2. The van der Waals surface area contributed by atoms with E-state index in [-0.39, 0.29) is 47.3 Å². The number of halogens is 4. The Morgan fingerprint density at radius 2 is 1.79 bits per heavy atom. The van der Waals surface area contributed by atoms with Crippen LogP contribution in [0.15, 0.2) is 76.1 Å². The Labute approximate surface area is 235 Å². The standard InChI is InChI=1S/C26H24F4N10O2/c1-32-24(41)14-33-36-22(35-31)12-17-13-23(40(37-17)18-6-4-16(27)5-7-18)34-25(42)15-3-8-20(26(28,29)30)19(11-15)21-9-10-39(2)38-21/h3-11,13H,12,14,31H2,1-2H3,(H,32,41)(H,34,42). The summed E-state index contributed by atoms with van der Waals surface area (Å²) in [6, 6.07) is 11.1. The van der Waals surface area contributed by atoms with E-state index >= 15 is 0 Å². The molecule has 0 aliphatic carbocycles.